The molecule has 1 fully saturated rings. The number of carbonyl (C=O) groups is 1. The third kappa shape index (κ3) is 3.03. The lowest BCUT2D eigenvalue weighted by Crippen LogP contribution is -2.33. The number of carbonyl (C=O) groups excluding carboxylic acids is 1. The van der Waals surface area contributed by atoms with Gasteiger partial charge >= 0.3 is 5.97 Å². The van der Waals surface area contributed by atoms with Crippen molar-refractivity contribution in [2.45, 2.75) is 44.2 Å². The lowest BCUT2D eigenvalue weighted by molar-refractivity contribution is 0.00191. The van der Waals surface area contributed by atoms with Crippen LogP contribution in [0.5, 0.6) is 5.75 Å². The van der Waals surface area contributed by atoms with Gasteiger partial charge < -0.3 is 14.6 Å². The highest BCUT2D eigenvalue weighted by molar-refractivity contribution is 5.97. The van der Waals surface area contributed by atoms with Crippen LogP contribution < -0.4 is 4.74 Å². The molecule has 0 aliphatic heterocycles. The van der Waals surface area contributed by atoms with Gasteiger partial charge in [-0.1, -0.05) is 0 Å². The highest BCUT2D eigenvalue weighted by atomic mass is 16.5. The lowest BCUT2D eigenvalue weighted by Gasteiger charge is -2.33. The Hall–Kier alpha value is -2.08. The van der Waals surface area contributed by atoms with Crippen molar-refractivity contribution in [3.63, 3.8) is 0 Å². The van der Waals surface area contributed by atoms with Crippen LogP contribution in [-0.4, -0.2) is 40.7 Å². The summed E-state index contributed by atoms with van der Waals surface area (Å²) in [7, 11) is 2.86. The van der Waals surface area contributed by atoms with E-state index in [4.69, 9.17) is 9.47 Å². The van der Waals surface area contributed by atoms with E-state index in [1.165, 1.54) is 14.2 Å². The molecule has 0 radical (unpaired) electrons. The topological polar surface area (TPSA) is 73.6 Å². The number of methoxy groups -OCH3 is 2. The van der Waals surface area contributed by atoms with Gasteiger partial charge in [0, 0.05) is 17.6 Å². The van der Waals surface area contributed by atoms with E-state index in [0.717, 1.165) is 30.2 Å². The Balaban J connectivity index is 2.00. The maximum atomic E-state index is 11.9. The Labute approximate surface area is 135 Å². The molecule has 2 aromatic rings. The second-order valence-corrected chi connectivity index (χ2v) is 6.46. The van der Waals surface area contributed by atoms with E-state index in [1.54, 1.807) is 12.1 Å². The van der Waals surface area contributed by atoms with E-state index >= 15 is 0 Å². The predicted octanol–water partition coefficient (Wildman–Crippen LogP) is 2.70. The van der Waals surface area contributed by atoms with Crippen LogP contribution >= 0.6 is 0 Å². The smallest absolute Gasteiger partial charge is 0.341 e. The summed E-state index contributed by atoms with van der Waals surface area (Å²) in [6, 6.07) is 3.66. The van der Waals surface area contributed by atoms with E-state index in [9.17, 15) is 9.90 Å². The molecule has 0 amide bonds. The summed E-state index contributed by atoms with van der Waals surface area (Å²) in [5.41, 5.74) is 0.507. The van der Waals surface area contributed by atoms with Crippen molar-refractivity contribution in [1.82, 2.24) is 9.78 Å². The molecule has 1 aromatic heterocycles. The first-order valence-electron chi connectivity index (χ1n) is 7.81. The third-order valence-corrected chi connectivity index (χ3v) is 4.55. The maximum Gasteiger partial charge on any atom is 0.341 e. The minimum absolute atomic E-state index is 0.165. The molecule has 0 saturated heterocycles. The van der Waals surface area contributed by atoms with Crippen molar-refractivity contribution in [1.29, 1.82) is 0 Å². The summed E-state index contributed by atoms with van der Waals surface area (Å²) >= 11 is 0. The number of nitrogens with zero attached hydrogens (tertiary/aromatic N) is 2. The van der Waals surface area contributed by atoms with Crippen molar-refractivity contribution >= 4 is 16.9 Å². The fourth-order valence-corrected chi connectivity index (χ4v) is 3.35. The van der Waals surface area contributed by atoms with Crippen LogP contribution in [0.4, 0.5) is 0 Å². The first-order valence-corrected chi connectivity index (χ1v) is 7.81. The maximum absolute atomic E-state index is 11.9. The zero-order valence-electron chi connectivity index (χ0n) is 13.7. The molecule has 6 heteroatoms. The molecule has 124 valence electrons. The minimum atomic E-state index is -0.643. The SMILES string of the molecule is COC(=O)c1cc2cn([C@H]3CCC[C@@](C)(O)C3)nc2cc1OC. The number of hydrogen-bond donors (Lipinski definition) is 1. The summed E-state index contributed by atoms with van der Waals surface area (Å²) in [6.45, 7) is 1.88. The Morgan fingerprint density at radius 3 is 2.87 bits per heavy atom. The highest BCUT2D eigenvalue weighted by Gasteiger charge is 2.31. The van der Waals surface area contributed by atoms with Gasteiger partial charge in [-0.05, 0) is 38.7 Å². The Kier molecular flexibility index (Phi) is 4.02. The number of rotatable bonds is 3. The first kappa shape index (κ1) is 15.8. The van der Waals surface area contributed by atoms with Gasteiger partial charge in [0.15, 0.2) is 0 Å². The molecule has 2 atom stereocenters. The zero-order valence-corrected chi connectivity index (χ0v) is 13.7. The largest absolute Gasteiger partial charge is 0.496 e. The second kappa shape index (κ2) is 5.85. The van der Waals surface area contributed by atoms with Crippen molar-refractivity contribution < 1.29 is 19.4 Å². The van der Waals surface area contributed by atoms with Crippen LogP contribution in [0.3, 0.4) is 0 Å². The van der Waals surface area contributed by atoms with Crippen LogP contribution in [0.25, 0.3) is 10.9 Å². The van der Waals surface area contributed by atoms with E-state index in [1.807, 2.05) is 17.8 Å². The number of esters is 1. The van der Waals surface area contributed by atoms with Gasteiger partial charge in [0.25, 0.3) is 0 Å². The lowest BCUT2D eigenvalue weighted by atomic mass is 9.83. The molecule has 1 aliphatic carbocycles. The predicted molar refractivity (Wildman–Crippen MR) is 85.8 cm³/mol. The number of fused-ring (bicyclic) bond motifs is 1. The molecule has 1 aliphatic rings. The molecular weight excluding hydrogens is 296 g/mol. The summed E-state index contributed by atoms with van der Waals surface area (Å²) in [4.78, 5) is 11.9. The van der Waals surface area contributed by atoms with Gasteiger partial charge in [-0.25, -0.2) is 4.79 Å². The highest BCUT2D eigenvalue weighted by Crippen LogP contribution is 2.36. The number of hydrogen-bond acceptors (Lipinski definition) is 5. The summed E-state index contributed by atoms with van der Waals surface area (Å²) in [6.07, 6.45) is 5.40. The van der Waals surface area contributed by atoms with E-state index in [-0.39, 0.29) is 6.04 Å². The molecule has 1 N–H and O–H groups in total. The molecule has 0 bridgehead atoms. The van der Waals surface area contributed by atoms with Gasteiger partial charge in [-0.3, -0.25) is 4.68 Å². The van der Waals surface area contributed by atoms with E-state index in [2.05, 4.69) is 5.10 Å². The number of aromatic nitrogens is 2. The Morgan fingerprint density at radius 1 is 1.43 bits per heavy atom. The normalized spacial score (nSPS) is 24.6. The van der Waals surface area contributed by atoms with E-state index in [0.29, 0.717) is 17.7 Å². The van der Waals surface area contributed by atoms with Crippen LogP contribution in [0, 0.1) is 0 Å². The van der Waals surface area contributed by atoms with Gasteiger partial charge in [0.05, 0.1) is 31.4 Å². The Morgan fingerprint density at radius 2 is 2.22 bits per heavy atom. The number of ether oxygens (including phenoxy) is 2. The summed E-state index contributed by atoms with van der Waals surface area (Å²) in [5, 5.41) is 15.8. The molecule has 1 heterocycles. The molecule has 0 unspecified atom stereocenters. The summed E-state index contributed by atoms with van der Waals surface area (Å²) in [5.74, 6) is 0.0161. The minimum Gasteiger partial charge on any atom is -0.496 e. The molecule has 1 saturated carbocycles. The Bertz CT molecular complexity index is 736. The summed E-state index contributed by atoms with van der Waals surface area (Å²) < 4.78 is 12.0. The first-order chi connectivity index (χ1) is 10.9. The van der Waals surface area contributed by atoms with Crippen molar-refractivity contribution in [3.05, 3.63) is 23.9 Å². The van der Waals surface area contributed by atoms with Crippen molar-refractivity contribution in [2.75, 3.05) is 14.2 Å². The second-order valence-electron chi connectivity index (χ2n) is 6.46. The third-order valence-electron chi connectivity index (χ3n) is 4.55. The van der Waals surface area contributed by atoms with Gasteiger partial charge in [-0.2, -0.15) is 5.10 Å². The van der Waals surface area contributed by atoms with Gasteiger partial charge in [0.2, 0.25) is 0 Å². The number of benzene rings is 1. The van der Waals surface area contributed by atoms with Gasteiger partial charge in [-0.15, -0.1) is 0 Å². The fraction of sp³-hybridized carbons (Fsp3) is 0.529. The van der Waals surface area contributed by atoms with Crippen LogP contribution in [-0.2, 0) is 4.74 Å². The molecule has 1 aromatic carbocycles. The van der Waals surface area contributed by atoms with Gasteiger partial charge in [0.1, 0.15) is 11.3 Å². The van der Waals surface area contributed by atoms with Crippen molar-refractivity contribution in [3.8, 4) is 5.75 Å². The quantitative estimate of drug-likeness (QED) is 0.881. The molecular formula is C17H22N2O4. The monoisotopic (exact) mass is 318 g/mol. The molecule has 6 nitrogen and oxygen atoms in total. The van der Waals surface area contributed by atoms with E-state index < -0.39 is 11.6 Å². The van der Waals surface area contributed by atoms with Crippen LogP contribution in [0.1, 0.15) is 49.0 Å². The average molecular weight is 318 g/mol. The average Bonchev–Trinajstić information content (AvgIpc) is 2.94. The zero-order chi connectivity index (χ0) is 16.6. The molecule has 0 spiro atoms. The molecule has 23 heavy (non-hydrogen) atoms. The van der Waals surface area contributed by atoms with Crippen LogP contribution in [0.2, 0.25) is 0 Å². The van der Waals surface area contributed by atoms with Crippen molar-refractivity contribution in [2.24, 2.45) is 0 Å². The van der Waals surface area contributed by atoms with Crippen LogP contribution in [0.15, 0.2) is 18.3 Å². The molecule has 3 rings (SSSR count). The standard InChI is InChI=1S/C17H22N2O4/c1-17(21)6-4-5-12(9-17)19-10-11-7-13(16(20)23-3)15(22-2)8-14(11)18-19/h7-8,10,12,21H,4-6,9H2,1-3H3/t12-,17+/m0/s1. The number of aliphatic hydroxyl groups is 1. The fourth-order valence-electron chi connectivity index (χ4n) is 3.35.